The van der Waals surface area contributed by atoms with E-state index in [1.165, 1.54) is 19.4 Å². The predicted octanol–water partition coefficient (Wildman–Crippen LogP) is 1.87. The lowest BCUT2D eigenvalue weighted by Gasteiger charge is -1.91. The molecule has 0 amide bonds. The van der Waals surface area contributed by atoms with Crippen LogP contribution in [0.25, 0.3) is 0 Å². The van der Waals surface area contributed by atoms with Crippen LogP contribution in [0.1, 0.15) is 19.3 Å². The Bertz CT molecular complexity index is 128. The van der Waals surface area contributed by atoms with Gasteiger partial charge in [0.05, 0.1) is 0 Å². The zero-order valence-corrected chi connectivity index (χ0v) is 6.40. The fraction of sp³-hybridized carbons (Fsp3) is 0.556. The zero-order chi connectivity index (χ0) is 7.23. The Kier molecular flexibility index (Phi) is 3.23. The van der Waals surface area contributed by atoms with E-state index in [1.54, 1.807) is 5.57 Å². The Morgan fingerprint density at radius 1 is 1.50 bits per heavy atom. The van der Waals surface area contributed by atoms with Crippen molar-refractivity contribution < 1.29 is 0 Å². The van der Waals surface area contributed by atoms with Gasteiger partial charge in [-0.1, -0.05) is 17.7 Å². The average molecular weight is 137 g/mol. The van der Waals surface area contributed by atoms with Crippen LogP contribution < -0.4 is 5.32 Å². The molecule has 0 bridgehead atoms. The molecule has 0 saturated carbocycles. The highest BCUT2D eigenvalue weighted by molar-refractivity contribution is 5.08. The van der Waals surface area contributed by atoms with Gasteiger partial charge in [-0.05, 0) is 25.8 Å². The molecule has 1 rings (SSSR count). The first-order valence-corrected chi connectivity index (χ1v) is 3.93. The lowest BCUT2D eigenvalue weighted by molar-refractivity contribution is 0.862. The summed E-state index contributed by atoms with van der Waals surface area (Å²) in [6.07, 6.45) is 7.84. The van der Waals surface area contributed by atoms with E-state index >= 15 is 0 Å². The van der Waals surface area contributed by atoms with Crippen molar-refractivity contribution in [2.24, 2.45) is 0 Å². The molecule has 0 aliphatic carbocycles. The molecule has 1 nitrogen and oxygen atoms in total. The second-order valence-corrected chi connectivity index (χ2v) is 2.66. The molecule has 1 heteroatoms. The topological polar surface area (TPSA) is 12.0 Å². The summed E-state index contributed by atoms with van der Waals surface area (Å²) in [7, 11) is 0. The fourth-order valence-corrected chi connectivity index (χ4v) is 1.17. The van der Waals surface area contributed by atoms with E-state index in [9.17, 15) is 0 Å². The van der Waals surface area contributed by atoms with Crippen LogP contribution in [0.5, 0.6) is 0 Å². The van der Waals surface area contributed by atoms with Crippen molar-refractivity contribution in [1.82, 2.24) is 5.32 Å². The third-order valence-electron chi connectivity index (χ3n) is 1.78. The monoisotopic (exact) mass is 137 g/mol. The normalized spacial score (nSPS) is 21.8. The first kappa shape index (κ1) is 7.55. The smallest absolute Gasteiger partial charge is 0.0165 e. The summed E-state index contributed by atoms with van der Waals surface area (Å²) in [6, 6.07) is 0. The van der Waals surface area contributed by atoms with E-state index < -0.39 is 0 Å². The number of hydrogen-bond donors (Lipinski definition) is 1. The third-order valence-corrected chi connectivity index (χ3v) is 1.78. The molecule has 1 aliphatic heterocycles. The van der Waals surface area contributed by atoms with Crippen LogP contribution in [0.2, 0.25) is 0 Å². The van der Waals surface area contributed by atoms with Gasteiger partial charge in [0.25, 0.3) is 0 Å². The van der Waals surface area contributed by atoms with E-state index in [0.29, 0.717) is 0 Å². The highest BCUT2D eigenvalue weighted by Crippen LogP contribution is 2.07. The first-order valence-electron chi connectivity index (χ1n) is 3.93. The van der Waals surface area contributed by atoms with Gasteiger partial charge in [0.15, 0.2) is 0 Å². The fourth-order valence-electron chi connectivity index (χ4n) is 1.17. The molecule has 1 N–H and O–H groups in total. The summed E-state index contributed by atoms with van der Waals surface area (Å²) >= 11 is 0. The van der Waals surface area contributed by atoms with Crippen LogP contribution in [0.15, 0.2) is 24.3 Å². The van der Waals surface area contributed by atoms with Gasteiger partial charge in [0, 0.05) is 6.54 Å². The van der Waals surface area contributed by atoms with E-state index in [4.69, 9.17) is 0 Å². The van der Waals surface area contributed by atoms with Gasteiger partial charge >= 0.3 is 0 Å². The van der Waals surface area contributed by atoms with Crippen LogP contribution >= 0.6 is 0 Å². The van der Waals surface area contributed by atoms with Crippen LogP contribution in [-0.4, -0.2) is 13.1 Å². The van der Waals surface area contributed by atoms with Crippen molar-refractivity contribution in [2.75, 3.05) is 13.1 Å². The average Bonchev–Trinajstić information content (AvgIpc) is 2.41. The lowest BCUT2D eigenvalue weighted by atomic mass is 10.2. The number of hydrogen-bond acceptors (Lipinski definition) is 1. The minimum atomic E-state index is 1.11. The number of rotatable bonds is 3. The van der Waals surface area contributed by atoms with Gasteiger partial charge < -0.3 is 5.32 Å². The molecular weight excluding hydrogens is 122 g/mol. The van der Waals surface area contributed by atoms with Gasteiger partial charge in [-0.2, -0.15) is 0 Å². The second-order valence-electron chi connectivity index (χ2n) is 2.66. The zero-order valence-electron chi connectivity index (χ0n) is 6.40. The molecular formula is C9H15N. The van der Waals surface area contributed by atoms with E-state index in [1.807, 2.05) is 6.08 Å². The van der Waals surface area contributed by atoms with Crippen LogP contribution in [0.3, 0.4) is 0 Å². The molecule has 56 valence electrons. The van der Waals surface area contributed by atoms with Crippen LogP contribution in [-0.2, 0) is 0 Å². The minimum absolute atomic E-state index is 1.11. The summed E-state index contributed by atoms with van der Waals surface area (Å²) < 4.78 is 0. The standard InChI is InChI=1S/C9H15N/c1-2-3-4-5-9-6-7-10-8-9/h2,5,10H,1,3-4,6-8H2. The number of allylic oxidation sites excluding steroid dienone is 2. The van der Waals surface area contributed by atoms with E-state index in [-0.39, 0.29) is 0 Å². The van der Waals surface area contributed by atoms with E-state index in [2.05, 4.69) is 18.0 Å². The molecule has 10 heavy (non-hydrogen) atoms. The maximum Gasteiger partial charge on any atom is 0.0165 e. The maximum absolute atomic E-state index is 3.68. The Morgan fingerprint density at radius 2 is 2.40 bits per heavy atom. The van der Waals surface area contributed by atoms with Crippen molar-refractivity contribution in [2.45, 2.75) is 19.3 Å². The quantitative estimate of drug-likeness (QED) is 0.462. The van der Waals surface area contributed by atoms with Gasteiger partial charge in [-0.15, -0.1) is 6.58 Å². The highest BCUT2D eigenvalue weighted by Gasteiger charge is 2.02. The molecule has 1 aliphatic rings. The van der Waals surface area contributed by atoms with E-state index in [0.717, 1.165) is 13.0 Å². The minimum Gasteiger partial charge on any atom is -0.313 e. The molecule has 1 saturated heterocycles. The lowest BCUT2D eigenvalue weighted by Crippen LogP contribution is -2.04. The molecule has 0 aromatic heterocycles. The molecule has 0 unspecified atom stereocenters. The van der Waals surface area contributed by atoms with Crippen molar-refractivity contribution in [3.8, 4) is 0 Å². The second kappa shape index (κ2) is 4.29. The summed E-state index contributed by atoms with van der Waals surface area (Å²) in [4.78, 5) is 0. The third kappa shape index (κ3) is 2.36. The molecule has 0 aromatic carbocycles. The Labute approximate surface area is 62.8 Å². The molecule has 0 atom stereocenters. The Hall–Kier alpha value is -0.560. The molecule has 0 radical (unpaired) electrons. The van der Waals surface area contributed by atoms with Gasteiger partial charge in [0.2, 0.25) is 0 Å². The molecule has 1 fully saturated rings. The van der Waals surface area contributed by atoms with Gasteiger partial charge in [-0.25, -0.2) is 0 Å². The predicted molar refractivity (Wildman–Crippen MR) is 45.0 cm³/mol. The number of unbranched alkanes of at least 4 members (excludes halogenated alkanes) is 1. The van der Waals surface area contributed by atoms with Crippen molar-refractivity contribution in [3.05, 3.63) is 24.3 Å². The van der Waals surface area contributed by atoms with Gasteiger partial charge in [0.1, 0.15) is 0 Å². The Morgan fingerprint density at radius 3 is 3.00 bits per heavy atom. The van der Waals surface area contributed by atoms with Crippen LogP contribution in [0, 0.1) is 0 Å². The summed E-state index contributed by atoms with van der Waals surface area (Å²) in [6.45, 7) is 5.95. The van der Waals surface area contributed by atoms with Crippen molar-refractivity contribution in [1.29, 1.82) is 0 Å². The van der Waals surface area contributed by atoms with Crippen molar-refractivity contribution in [3.63, 3.8) is 0 Å². The highest BCUT2D eigenvalue weighted by atomic mass is 14.9. The summed E-state index contributed by atoms with van der Waals surface area (Å²) in [5, 5.41) is 3.31. The Balaban J connectivity index is 2.18. The molecule has 0 spiro atoms. The summed E-state index contributed by atoms with van der Waals surface area (Å²) in [5.74, 6) is 0. The molecule has 0 aromatic rings. The maximum atomic E-state index is 3.68. The van der Waals surface area contributed by atoms with Gasteiger partial charge in [-0.3, -0.25) is 0 Å². The first-order chi connectivity index (χ1) is 4.93. The van der Waals surface area contributed by atoms with Crippen molar-refractivity contribution >= 4 is 0 Å². The number of nitrogens with one attached hydrogen (secondary N) is 1. The SMILES string of the molecule is C=CCCC=C1CCNC1. The molecule has 1 heterocycles. The summed E-state index contributed by atoms with van der Waals surface area (Å²) in [5.41, 5.74) is 1.57. The largest absolute Gasteiger partial charge is 0.313 e. The van der Waals surface area contributed by atoms with Crippen LogP contribution in [0.4, 0.5) is 0 Å².